The first-order chi connectivity index (χ1) is 16.0. The zero-order chi connectivity index (χ0) is 23.2. The Hall–Kier alpha value is -4.07. The molecule has 2 atom stereocenters. The third-order valence-corrected chi connectivity index (χ3v) is 5.81. The van der Waals surface area contributed by atoms with Crippen LogP contribution in [0.25, 0.3) is 0 Å². The summed E-state index contributed by atoms with van der Waals surface area (Å²) in [6, 6.07) is 18.4. The lowest BCUT2D eigenvalue weighted by molar-refractivity contribution is 0.0678. The Morgan fingerprint density at radius 3 is 2.61 bits per heavy atom. The van der Waals surface area contributed by atoms with Crippen LogP contribution < -0.4 is 21.3 Å². The molecular formula is C25H27N5O3. The number of carbonyl (C=O) groups excluding carboxylic acids is 2. The van der Waals surface area contributed by atoms with Crippen molar-refractivity contribution in [2.45, 2.75) is 12.5 Å². The fourth-order valence-corrected chi connectivity index (χ4v) is 4.05. The van der Waals surface area contributed by atoms with Gasteiger partial charge < -0.3 is 26.0 Å². The van der Waals surface area contributed by atoms with Crippen LogP contribution in [0.15, 0.2) is 73.1 Å². The quantitative estimate of drug-likeness (QED) is 0.498. The van der Waals surface area contributed by atoms with Gasteiger partial charge in [0.25, 0.3) is 5.91 Å². The minimum Gasteiger partial charge on any atom is -0.441 e. The van der Waals surface area contributed by atoms with E-state index in [1.807, 2.05) is 36.4 Å². The number of ether oxygens (including phenoxy) is 1. The third kappa shape index (κ3) is 5.23. The monoisotopic (exact) mass is 445 g/mol. The lowest BCUT2D eigenvalue weighted by Gasteiger charge is -2.25. The number of para-hydroxylation sites is 2. The average Bonchev–Trinajstić information content (AvgIpc) is 3.34. The highest BCUT2D eigenvalue weighted by Gasteiger charge is 2.33. The van der Waals surface area contributed by atoms with Gasteiger partial charge in [-0.1, -0.05) is 18.2 Å². The number of benzene rings is 2. The lowest BCUT2D eigenvalue weighted by atomic mass is 9.96. The van der Waals surface area contributed by atoms with E-state index >= 15 is 0 Å². The van der Waals surface area contributed by atoms with Gasteiger partial charge in [-0.3, -0.25) is 9.78 Å². The van der Waals surface area contributed by atoms with E-state index in [4.69, 9.17) is 10.5 Å². The molecule has 33 heavy (non-hydrogen) atoms. The molecule has 0 aliphatic carbocycles. The second-order valence-electron chi connectivity index (χ2n) is 7.95. The molecule has 0 bridgehead atoms. The zero-order valence-corrected chi connectivity index (χ0v) is 18.4. The number of nitrogen functional groups attached to an aromatic ring is 1. The Morgan fingerprint density at radius 2 is 1.91 bits per heavy atom. The number of nitrogens with two attached hydrogens (primary N) is 1. The molecule has 3 aromatic rings. The average molecular weight is 446 g/mol. The van der Waals surface area contributed by atoms with Crippen LogP contribution in [0, 0.1) is 5.92 Å². The van der Waals surface area contributed by atoms with Crippen molar-refractivity contribution in [2.24, 2.45) is 5.92 Å². The van der Waals surface area contributed by atoms with Gasteiger partial charge in [-0.15, -0.1) is 0 Å². The van der Waals surface area contributed by atoms with Crippen LogP contribution in [0.1, 0.15) is 28.4 Å². The van der Waals surface area contributed by atoms with Crippen molar-refractivity contribution < 1.29 is 14.3 Å². The minimum absolute atomic E-state index is 0.121. The SMILES string of the molecule is CNC(=O)O[C@H](c1cccnc1)C1CCN(c2ccc(C(=O)Nc3ccccc3N)cc2)C1. The molecule has 8 nitrogen and oxygen atoms in total. The molecule has 2 amide bonds. The summed E-state index contributed by atoms with van der Waals surface area (Å²) in [7, 11) is 1.55. The highest BCUT2D eigenvalue weighted by molar-refractivity contribution is 6.05. The van der Waals surface area contributed by atoms with Crippen molar-refractivity contribution in [1.29, 1.82) is 0 Å². The van der Waals surface area contributed by atoms with Crippen LogP contribution in [0.3, 0.4) is 0 Å². The van der Waals surface area contributed by atoms with E-state index in [1.165, 1.54) is 0 Å². The number of carbonyl (C=O) groups is 2. The molecule has 4 rings (SSSR count). The van der Waals surface area contributed by atoms with Crippen LogP contribution in [0.4, 0.5) is 21.9 Å². The number of nitrogens with zero attached hydrogens (tertiary/aromatic N) is 2. The summed E-state index contributed by atoms with van der Waals surface area (Å²) in [5, 5.41) is 5.37. The number of aromatic nitrogens is 1. The number of amides is 2. The molecule has 1 aliphatic rings. The van der Waals surface area contributed by atoms with Crippen LogP contribution >= 0.6 is 0 Å². The molecule has 2 aromatic carbocycles. The number of hydrogen-bond acceptors (Lipinski definition) is 6. The Balaban J connectivity index is 1.43. The molecule has 1 fully saturated rings. The summed E-state index contributed by atoms with van der Waals surface area (Å²) in [4.78, 5) is 30.9. The van der Waals surface area contributed by atoms with Gasteiger partial charge in [-0.2, -0.15) is 0 Å². The number of alkyl carbamates (subject to hydrolysis) is 1. The fraction of sp³-hybridized carbons (Fsp3) is 0.240. The van der Waals surface area contributed by atoms with Gasteiger partial charge in [-0.05, 0) is 48.9 Å². The van der Waals surface area contributed by atoms with Gasteiger partial charge in [-0.25, -0.2) is 4.79 Å². The van der Waals surface area contributed by atoms with Gasteiger partial charge in [0.2, 0.25) is 0 Å². The molecule has 170 valence electrons. The van der Waals surface area contributed by atoms with Crippen LogP contribution in [-0.2, 0) is 4.74 Å². The number of anilines is 3. The van der Waals surface area contributed by atoms with Crippen molar-refractivity contribution in [3.63, 3.8) is 0 Å². The smallest absolute Gasteiger partial charge is 0.407 e. The van der Waals surface area contributed by atoms with Crippen molar-refractivity contribution in [3.05, 3.63) is 84.2 Å². The number of hydrogen-bond donors (Lipinski definition) is 3. The summed E-state index contributed by atoms with van der Waals surface area (Å²) in [5.41, 5.74) is 9.46. The Morgan fingerprint density at radius 1 is 1.12 bits per heavy atom. The van der Waals surface area contributed by atoms with E-state index in [0.717, 1.165) is 30.8 Å². The van der Waals surface area contributed by atoms with E-state index in [9.17, 15) is 9.59 Å². The second-order valence-corrected chi connectivity index (χ2v) is 7.95. The fourth-order valence-electron chi connectivity index (χ4n) is 4.05. The molecular weight excluding hydrogens is 418 g/mol. The van der Waals surface area contributed by atoms with Crippen molar-refractivity contribution in [1.82, 2.24) is 10.3 Å². The molecule has 0 radical (unpaired) electrons. The number of pyridine rings is 1. The molecule has 8 heteroatoms. The summed E-state index contributed by atoms with van der Waals surface area (Å²) >= 11 is 0. The van der Waals surface area contributed by atoms with E-state index in [0.29, 0.717) is 16.9 Å². The topological polar surface area (TPSA) is 110 Å². The molecule has 2 heterocycles. The van der Waals surface area contributed by atoms with Gasteiger partial charge in [0, 0.05) is 55.3 Å². The zero-order valence-electron chi connectivity index (χ0n) is 18.4. The summed E-state index contributed by atoms with van der Waals surface area (Å²) < 4.78 is 5.69. The maximum Gasteiger partial charge on any atom is 0.407 e. The van der Waals surface area contributed by atoms with Gasteiger partial charge in [0.05, 0.1) is 11.4 Å². The first-order valence-electron chi connectivity index (χ1n) is 10.8. The summed E-state index contributed by atoms with van der Waals surface area (Å²) in [5.74, 6) is -0.0927. The highest BCUT2D eigenvalue weighted by atomic mass is 16.6. The van der Waals surface area contributed by atoms with Gasteiger partial charge in [0.1, 0.15) is 6.10 Å². The molecule has 1 unspecified atom stereocenters. The maximum absolute atomic E-state index is 12.6. The van der Waals surface area contributed by atoms with Crippen LogP contribution in [0.5, 0.6) is 0 Å². The van der Waals surface area contributed by atoms with E-state index in [1.54, 1.807) is 43.7 Å². The normalized spacial score (nSPS) is 16.2. The second kappa shape index (κ2) is 10.0. The minimum atomic E-state index is -0.461. The number of nitrogens with one attached hydrogen (secondary N) is 2. The molecule has 0 saturated carbocycles. The molecule has 4 N–H and O–H groups in total. The van der Waals surface area contributed by atoms with Crippen LogP contribution in [-0.4, -0.2) is 37.1 Å². The molecule has 1 aromatic heterocycles. The predicted molar refractivity (Wildman–Crippen MR) is 128 cm³/mol. The molecule has 1 saturated heterocycles. The van der Waals surface area contributed by atoms with Crippen molar-refractivity contribution >= 4 is 29.1 Å². The maximum atomic E-state index is 12.6. The van der Waals surface area contributed by atoms with E-state index in [2.05, 4.69) is 20.5 Å². The van der Waals surface area contributed by atoms with Crippen molar-refractivity contribution in [2.75, 3.05) is 36.1 Å². The van der Waals surface area contributed by atoms with E-state index in [-0.39, 0.29) is 17.9 Å². The van der Waals surface area contributed by atoms with Crippen LogP contribution in [0.2, 0.25) is 0 Å². The summed E-state index contributed by atoms with van der Waals surface area (Å²) in [6.45, 7) is 1.55. The third-order valence-electron chi connectivity index (χ3n) is 5.81. The van der Waals surface area contributed by atoms with Crippen molar-refractivity contribution in [3.8, 4) is 0 Å². The standard InChI is InChI=1S/C25H27N5O3/c1-27-25(32)33-23(18-5-4-13-28-15-18)19-12-14-30(16-19)20-10-8-17(9-11-20)24(31)29-22-7-3-2-6-21(22)26/h2-11,13,15,19,23H,12,14,16,26H2,1H3,(H,27,32)(H,29,31)/t19?,23-/m1/s1. The van der Waals surface area contributed by atoms with E-state index < -0.39 is 6.09 Å². The number of rotatable bonds is 6. The Kier molecular flexibility index (Phi) is 6.73. The molecule has 0 spiro atoms. The largest absolute Gasteiger partial charge is 0.441 e. The first kappa shape index (κ1) is 22.1. The predicted octanol–water partition coefficient (Wildman–Crippen LogP) is 3.84. The Bertz CT molecular complexity index is 1100. The summed E-state index contributed by atoms with van der Waals surface area (Å²) in [6.07, 6.45) is 3.46. The van der Waals surface area contributed by atoms with Gasteiger partial charge >= 0.3 is 6.09 Å². The first-order valence-corrected chi connectivity index (χ1v) is 10.8. The molecule has 1 aliphatic heterocycles. The lowest BCUT2D eigenvalue weighted by Crippen LogP contribution is -2.28. The Labute approximate surface area is 192 Å². The van der Waals surface area contributed by atoms with Gasteiger partial charge in [0.15, 0.2) is 0 Å². The highest BCUT2D eigenvalue weighted by Crippen LogP contribution is 2.35.